The second-order valence-electron chi connectivity index (χ2n) is 20.8. The fourth-order valence-corrected chi connectivity index (χ4v) is 10.7. The number of ether oxygens (including phenoxy) is 1. The Labute approximate surface area is 387 Å². The third-order valence-corrected chi connectivity index (χ3v) is 14.6. The second kappa shape index (κ2) is 15.9. The van der Waals surface area contributed by atoms with Crippen LogP contribution in [0.15, 0.2) is 151 Å². The summed E-state index contributed by atoms with van der Waals surface area (Å²) >= 11 is 0. The SMILES string of the molecule is Cc1cc(Oc2cc(C3=N[C@](C)(C(c4ccccc4)c4ccccc4)C(C)(C)N3c3c(C)cccc3C)c(C)cc2C)cc(N2c3ccc(C(C)(C)C)cc3C(C)(C)c3cccnc32)c1. The van der Waals surface area contributed by atoms with Crippen molar-refractivity contribution in [1.82, 2.24) is 4.98 Å². The van der Waals surface area contributed by atoms with Crippen molar-refractivity contribution in [2.75, 3.05) is 9.80 Å². The minimum Gasteiger partial charge on any atom is -0.457 e. The van der Waals surface area contributed by atoms with E-state index in [0.29, 0.717) is 0 Å². The lowest BCUT2D eigenvalue weighted by Crippen LogP contribution is -2.57. The van der Waals surface area contributed by atoms with Crippen molar-refractivity contribution in [2.24, 2.45) is 4.99 Å². The topological polar surface area (TPSA) is 41.0 Å². The third kappa shape index (κ3) is 7.34. The minimum absolute atomic E-state index is 0.0139. The van der Waals surface area contributed by atoms with E-state index in [4.69, 9.17) is 14.7 Å². The van der Waals surface area contributed by atoms with Crippen molar-refractivity contribution in [3.8, 4) is 11.5 Å². The van der Waals surface area contributed by atoms with Gasteiger partial charge in [-0.3, -0.25) is 9.89 Å². The van der Waals surface area contributed by atoms with Gasteiger partial charge < -0.3 is 9.64 Å². The van der Waals surface area contributed by atoms with Gasteiger partial charge in [0.05, 0.1) is 22.5 Å². The second-order valence-corrected chi connectivity index (χ2v) is 20.8. The van der Waals surface area contributed by atoms with Gasteiger partial charge in [0.2, 0.25) is 0 Å². The molecule has 0 bridgehead atoms. The van der Waals surface area contributed by atoms with Crippen LogP contribution < -0.4 is 14.5 Å². The average Bonchev–Trinajstić information content (AvgIpc) is 3.46. The summed E-state index contributed by atoms with van der Waals surface area (Å²) in [4.78, 5) is 15.9. The van der Waals surface area contributed by atoms with E-state index in [1.165, 1.54) is 44.6 Å². The number of benzene rings is 6. The molecule has 5 heteroatoms. The summed E-state index contributed by atoms with van der Waals surface area (Å²) in [5.41, 5.74) is 15.1. The predicted molar refractivity (Wildman–Crippen MR) is 273 cm³/mol. The molecule has 2 aliphatic rings. The molecule has 7 aromatic rings. The highest BCUT2D eigenvalue weighted by atomic mass is 16.5. The first-order valence-electron chi connectivity index (χ1n) is 23.2. The number of aromatic nitrogens is 1. The lowest BCUT2D eigenvalue weighted by Gasteiger charge is -2.48. The van der Waals surface area contributed by atoms with Crippen molar-refractivity contribution in [2.45, 2.75) is 118 Å². The van der Waals surface area contributed by atoms with E-state index in [2.05, 4.69) is 239 Å². The third-order valence-electron chi connectivity index (χ3n) is 14.6. The molecule has 0 spiro atoms. The summed E-state index contributed by atoms with van der Waals surface area (Å²) in [6.45, 7) is 29.6. The number of amidine groups is 1. The summed E-state index contributed by atoms with van der Waals surface area (Å²) in [7, 11) is 0. The number of anilines is 4. The normalized spacial score (nSPS) is 17.5. The molecule has 0 aliphatic carbocycles. The zero-order valence-electron chi connectivity index (χ0n) is 40.6. The maximum Gasteiger partial charge on any atom is 0.141 e. The number of aliphatic imine (C=N–C) groups is 1. The molecular formula is C60H64N4O. The fraction of sp³-hybridized carbons (Fsp3) is 0.300. The Balaban J connectivity index is 1.19. The van der Waals surface area contributed by atoms with Gasteiger partial charge in [0.1, 0.15) is 23.2 Å². The number of rotatable bonds is 8. The summed E-state index contributed by atoms with van der Waals surface area (Å²) in [6.07, 6.45) is 1.91. The molecule has 330 valence electrons. The number of hydrogen-bond acceptors (Lipinski definition) is 5. The molecule has 0 unspecified atom stereocenters. The van der Waals surface area contributed by atoms with Gasteiger partial charge in [0.25, 0.3) is 0 Å². The number of hydrogen-bond donors (Lipinski definition) is 0. The van der Waals surface area contributed by atoms with Crippen LogP contribution in [0.2, 0.25) is 0 Å². The first-order chi connectivity index (χ1) is 30.8. The molecule has 0 fully saturated rings. The summed E-state index contributed by atoms with van der Waals surface area (Å²) < 4.78 is 7.12. The minimum atomic E-state index is -0.596. The van der Waals surface area contributed by atoms with Gasteiger partial charge >= 0.3 is 0 Å². The molecule has 0 amide bonds. The van der Waals surface area contributed by atoms with E-state index in [1.807, 2.05) is 6.20 Å². The van der Waals surface area contributed by atoms with Crippen LogP contribution in [0.25, 0.3) is 0 Å². The number of aryl methyl sites for hydroxylation is 5. The lowest BCUT2D eigenvalue weighted by atomic mass is 9.67. The monoisotopic (exact) mass is 857 g/mol. The van der Waals surface area contributed by atoms with E-state index in [9.17, 15) is 0 Å². The first kappa shape index (κ1) is 43.8. The molecule has 0 radical (unpaired) electrons. The molecule has 9 rings (SSSR count). The number of nitrogens with zero attached hydrogens (tertiary/aromatic N) is 4. The highest BCUT2D eigenvalue weighted by Crippen LogP contribution is 2.55. The molecule has 1 aromatic heterocycles. The van der Waals surface area contributed by atoms with Crippen LogP contribution in [0, 0.1) is 34.6 Å². The standard InChI is InChI=1S/C60H64N4O/c1-38-32-46(63-51-30-29-45(57(6,7)8)35-50(51)58(9,10)49-28-21-31-61-56(49)63)36-47(33-38)65-52-37-48(41(4)34-42(52)5)55-62-60(13,59(11,12)64(55)54-39(2)22-20-23-40(54)3)53(43-24-16-14-17-25-43)44-26-18-15-19-27-44/h14-37,53H,1-13H3/t60-/m1/s1. The van der Waals surface area contributed by atoms with Gasteiger partial charge in [0, 0.05) is 40.4 Å². The molecule has 5 nitrogen and oxygen atoms in total. The first-order valence-corrected chi connectivity index (χ1v) is 23.2. The smallest absolute Gasteiger partial charge is 0.141 e. The van der Waals surface area contributed by atoms with E-state index in [-0.39, 0.29) is 16.7 Å². The quantitative estimate of drug-likeness (QED) is 0.153. The Hall–Kier alpha value is -6.46. The van der Waals surface area contributed by atoms with Gasteiger partial charge in [-0.2, -0.15) is 0 Å². The van der Waals surface area contributed by atoms with Crippen LogP contribution in [0.5, 0.6) is 11.5 Å². The van der Waals surface area contributed by atoms with Crippen LogP contribution in [-0.4, -0.2) is 21.9 Å². The largest absolute Gasteiger partial charge is 0.457 e. The van der Waals surface area contributed by atoms with Gasteiger partial charge in [-0.05, 0) is 141 Å². The molecule has 6 aromatic carbocycles. The summed E-state index contributed by atoms with van der Waals surface area (Å²) in [5.74, 6) is 3.44. The molecule has 2 aliphatic heterocycles. The molecule has 65 heavy (non-hydrogen) atoms. The summed E-state index contributed by atoms with van der Waals surface area (Å²) in [5, 5.41) is 0. The van der Waals surface area contributed by atoms with E-state index >= 15 is 0 Å². The van der Waals surface area contributed by atoms with Gasteiger partial charge in [-0.15, -0.1) is 0 Å². The zero-order valence-corrected chi connectivity index (χ0v) is 40.6. The maximum atomic E-state index is 7.12. The molecule has 1 atom stereocenters. The van der Waals surface area contributed by atoms with Crippen LogP contribution in [0.4, 0.5) is 22.9 Å². The van der Waals surface area contributed by atoms with E-state index in [1.54, 1.807) is 0 Å². The fourth-order valence-electron chi connectivity index (χ4n) is 10.7. The van der Waals surface area contributed by atoms with Crippen LogP contribution in [0.3, 0.4) is 0 Å². The number of pyridine rings is 1. The van der Waals surface area contributed by atoms with Crippen LogP contribution in [-0.2, 0) is 10.8 Å². The molecular weight excluding hydrogens is 793 g/mol. The number of para-hydroxylation sites is 1. The van der Waals surface area contributed by atoms with Crippen molar-refractivity contribution in [3.63, 3.8) is 0 Å². The zero-order chi connectivity index (χ0) is 46.2. The molecule has 0 saturated carbocycles. The predicted octanol–water partition coefficient (Wildman–Crippen LogP) is 15.5. The Morgan fingerprint density at radius 2 is 1.25 bits per heavy atom. The van der Waals surface area contributed by atoms with Crippen molar-refractivity contribution in [1.29, 1.82) is 0 Å². The van der Waals surface area contributed by atoms with E-state index in [0.717, 1.165) is 56.8 Å². The summed E-state index contributed by atoms with van der Waals surface area (Å²) in [6, 6.07) is 50.8. The highest BCUT2D eigenvalue weighted by Gasteiger charge is 2.58. The van der Waals surface area contributed by atoms with Gasteiger partial charge in [0.15, 0.2) is 0 Å². The van der Waals surface area contributed by atoms with Crippen molar-refractivity contribution < 1.29 is 4.74 Å². The van der Waals surface area contributed by atoms with Gasteiger partial charge in [-0.25, -0.2) is 4.98 Å². The lowest BCUT2D eigenvalue weighted by molar-refractivity contribution is 0.279. The van der Waals surface area contributed by atoms with Gasteiger partial charge in [-0.1, -0.05) is 138 Å². The molecule has 0 saturated heterocycles. The highest BCUT2D eigenvalue weighted by molar-refractivity contribution is 6.14. The Morgan fingerprint density at radius 3 is 1.88 bits per heavy atom. The van der Waals surface area contributed by atoms with Crippen LogP contribution in [0.1, 0.15) is 123 Å². The average molecular weight is 857 g/mol. The van der Waals surface area contributed by atoms with E-state index < -0.39 is 11.1 Å². The molecule has 3 heterocycles. The maximum absolute atomic E-state index is 7.12. The molecule has 0 N–H and O–H groups in total. The Bertz CT molecular complexity index is 2920. The van der Waals surface area contributed by atoms with Crippen LogP contribution >= 0.6 is 0 Å². The van der Waals surface area contributed by atoms with Crippen molar-refractivity contribution >= 4 is 28.7 Å². The number of fused-ring (bicyclic) bond motifs is 2. The van der Waals surface area contributed by atoms with Crippen molar-refractivity contribution in [3.05, 3.63) is 207 Å². The Kier molecular flexibility index (Phi) is 10.7. The Morgan fingerprint density at radius 1 is 0.600 bits per heavy atom.